The van der Waals surface area contributed by atoms with Crippen molar-refractivity contribution in [2.75, 3.05) is 20.3 Å². The first kappa shape index (κ1) is 15.2. The number of benzene rings is 1. The molecule has 0 saturated heterocycles. The molecule has 0 amide bonds. The van der Waals surface area contributed by atoms with E-state index in [9.17, 15) is 4.79 Å². The maximum Gasteiger partial charge on any atom is 0.183 e. The highest BCUT2D eigenvalue weighted by Gasteiger charge is 2.16. The summed E-state index contributed by atoms with van der Waals surface area (Å²) in [6.45, 7) is 1.04. The largest absolute Gasteiger partial charge is 0.362 e. The molecule has 1 aliphatic heterocycles. The number of carbonyl (C=O) groups is 1. The second-order valence-electron chi connectivity index (χ2n) is 3.99. The number of hydrogen-bond donors (Lipinski definition) is 0. The molecule has 1 heterocycles. The van der Waals surface area contributed by atoms with Crippen LogP contribution in [-0.2, 0) is 0 Å². The topological polar surface area (TPSA) is 23.6 Å². The Morgan fingerprint density at radius 3 is 2.61 bits per heavy atom. The van der Waals surface area contributed by atoms with Gasteiger partial charge in [0, 0.05) is 30.0 Å². The molecule has 1 aliphatic rings. The first-order valence-corrected chi connectivity index (χ1v) is 5.93. The van der Waals surface area contributed by atoms with Crippen molar-refractivity contribution in [3.05, 3.63) is 46.2 Å². The highest BCUT2D eigenvalue weighted by Crippen LogP contribution is 2.21. The fourth-order valence-electron chi connectivity index (χ4n) is 1.68. The van der Waals surface area contributed by atoms with Gasteiger partial charge < -0.3 is 9.80 Å². The van der Waals surface area contributed by atoms with E-state index in [0.717, 1.165) is 6.67 Å². The second-order valence-corrected chi connectivity index (χ2v) is 4.83. The van der Waals surface area contributed by atoms with Crippen molar-refractivity contribution in [1.82, 2.24) is 9.80 Å². The van der Waals surface area contributed by atoms with Gasteiger partial charge in [-0.15, -0.1) is 12.4 Å². The highest BCUT2D eigenvalue weighted by atomic mass is 35.5. The molecule has 98 valence electrons. The average Bonchev–Trinajstić information content (AvgIpc) is 2.63. The lowest BCUT2D eigenvalue weighted by Gasteiger charge is -2.17. The molecule has 6 heteroatoms. The predicted molar refractivity (Wildman–Crippen MR) is 76.5 cm³/mol. The monoisotopic (exact) mass is 306 g/mol. The van der Waals surface area contributed by atoms with Gasteiger partial charge in [-0.1, -0.05) is 23.2 Å². The van der Waals surface area contributed by atoms with Crippen LogP contribution in [-0.4, -0.2) is 35.8 Å². The van der Waals surface area contributed by atoms with Crippen LogP contribution in [0.15, 0.2) is 30.6 Å². The summed E-state index contributed by atoms with van der Waals surface area (Å²) in [6, 6.07) is 4.92. The number of rotatable bonds is 3. The standard InChI is InChI=1S/C12H12Cl2N2O.ClH/c1-15-4-5-16(8-15)7-12(17)10-3-2-9(13)6-11(10)14;/h2-6H,7-8H2,1H3;1H. The van der Waals surface area contributed by atoms with E-state index in [0.29, 0.717) is 22.2 Å². The SMILES string of the molecule is CN1C=CN(CC(=O)c2ccc(Cl)cc2Cl)C1.Cl. The van der Waals surface area contributed by atoms with Crippen LogP contribution < -0.4 is 0 Å². The first-order chi connectivity index (χ1) is 8.06. The minimum atomic E-state index is -0.00776. The van der Waals surface area contributed by atoms with Crippen LogP contribution in [0.5, 0.6) is 0 Å². The summed E-state index contributed by atoms with van der Waals surface area (Å²) in [5.41, 5.74) is 0.513. The first-order valence-electron chi connectivity index (χ1n) is 5.17. The van der Waals surface area contributed by atoms with E-state index in [1.807, 2.05) is 29.2 Å². The Morgan fingerprint density at radius 2 is 2.06 bits per heavy atom. The number of carbonyl (C=O) groups excluding carboxylic acids is 1. The number of ketones is 1. The van der Waals surface area contributed by atoms with E-state index in [1.54, 1.807) is 18.2 Å². The molecule has 0 spiro atoms. The van der Waals surface area contributed by atoms with Gasteiger partial charge in [0.25, 0.3) is 0 Å². The van der Waals surface area contributed by atoms with Gasteiger partial charge in [0.2, 0.25) is 0 Å². The average molecular weight is 308 g/mol. The summed E-state index contributed by atoms with van der Waals surface area (Å²) in [5.74, 6) is -0.00776. The Balaban J connectivity index is 0.00000162. The lowest BCUT2D eigenvalue weighted by molar-refractivity contribution is 0.0948. The van der Waals surface area contributed by atoms with Gasteiger partial charge >= 0.3 is 0 Å². The normalized spacial score (nSPS) is 13.7. The minimum absolute atomic E-state index is 0. The van der Waals surface area contributed by atoms with Crippen molar-refractivity contribution < 1.29 is 4.79 Å². The van der Waals surface area contributed by atoms with E-state index >= 15 is 0 Å². The van der Waals surface area contributed by atoms with Crippen LogP contribution in [0, 0.1) is 0 Å². The summed E-state index contributed by atoms with van der Waals surface area (Å²) < 4.78 is 0. The maximum atomic E-state index is 12.0. The molecular formula is C12H13Cl3N2O. The molecule has 2 rings (SSSR count). The van der Waals surface area contributed by atoms with E-state index in [2.05, 4.69) is 0 Å². The minimum Gasteiger partial charge on any atom is -0.362 e. The predicted octanol–water partition coefficient (Wildman–Crippen LogP) is 3.27. The summed E-state index contributed by atoms with van der Waals surface area (Å²) in [7, 11) is 1.95. The van der Waals surface area contributed by atoms with E-state index in [-0.39, 0.29) is 18.2 Å². The molecule has 0 aliphatic carbocycles. The Hall–Kier alpha value is -0.900. The van der Waals surface area contributed by atoms with Gasteiger partial charge in [-0.25, -0.2) is 0 Å². The van der Waals surface area contributed by atoms with Crippen molar-refractivity contribution >= 4 is 41.4 Å². The molecule has 0 atom stereocenters. The van der Waals surface area contributed by atoms with Crippen molar-refractivity contribution in [1.29, 1.82) is 0 Å². The summed E-state index contributed by atoms with van der Waals surface area (Å²) in [6.07, 6.45) is 3.82. The molecule has 0 unspecified atom stereocenters. The molecule has 18 heavy (non-hydrogen) atoms. The molecule has 0 radical (unpaired) electrons. The van der Waals surface area contributed by atoms with Crippen molar-refractivity contribution in [2.24, 2.45) is 0 Å². The zero-order valence-electron chi connectivity index (χ0n) is 9.77. The molecule has 0 aromatic heterocycles. The van der Waals surface area contributed by atoms with Gasteiger partial charge in [-0.2, -0.15) is 0 Å². The number of Topliss-reactive ketones (excluding diaryl/α,β-unsaturated/α-hetero) is 1. The van der Waals surface area contributed by atoms with E-state index in [1.165, 1.54) is 0 Å². The molecule has 0 N–H and O–H groups in total. The molecule has 0 bridgehead atoms. The zero-order chi connectivity index (χ0) is 12.4. The third-order valence-corrected chi connectivity index (χ3v) is 3.06. The summed E-state index contributed by atoms with van der Waals surface area (Å²) in [4.78, 5) is 15.9. The molecule has 3 nitrogen and oxygen atoms in total. The van der Waals surface area contributed by atoms with Crippen LogP contribution in [0.1, 0.15) is 10.4 Å². The summed E-state index contributed by atoms with van der Waals surface area (Å²) >= 11 is 11.8. The quantitative estimate of drug-likeness (QED) is 0.801. The van der Waals surface area contributed by atoms with Gasteiger partial charge in [0.15, 0.2) is 5.78 Å². The fraction of sp³-hybridized carbons (Fsp3) is 0.250. The van der Waals surface area contributed by atoms with Crippen molar-refractivity contribution in [3.8, 4) is 0 Å². The smallest absolute Gasteiger partial charge is 0.183 e. The highest BCUT2D eigenvalue weighted by molar-refractivity contribution is 6.36. The van der Waals surface area contributed by atoms with Gasteiger partial charge in [0.05, 0.1) is 18.2 Å². The second kappa shape index (κ2) is 6.32. The van der Waals surface area contributed by atoms with Crippen molar-refractivity contribution in [3.63, 3.8) is 0 Å². The molecule has 1 aromatic carbocycles. The lowest BCUT2D eigenvalue weighted by Crippen LogP contribution is -2.28. The molecule has 0 saturated carbocycles. The molecule has 1 aromatic rings. The zero-order valence-corrected chi connectivity index (χ0v) is 12.1. The van der Waals surface area contributed by atoms with Crippen LogP contribution >= 0.6 is 35.6 Å². The van der Waals surface area contributed by atoms with Crippen molar-refractivity contribution in [2.45, 2.75) is 0 Å². The molecule has 0 fully saturated rings. The Labute approximate surface area is 122 Å². The van der Waals surface area contributed by atoms with Gasteiger partial charge in [-0.05, 0) is 18.2 Å². The fourth-order valence-corrected chi connectivity index (χ4v) is 2.19. The van der Waals surface area contributed by atoms with Gasteiger partial charge in [-0.3, -0.25) is 4.79 Å². The van der Waals surface area contributed by atoms with Crippen LogP contribution in [0.2, 0.25) is 10.0 Å². The van der Waals surface area contributed by atoms with Crippen LogP contribution in [0.25, 0.3) is 0 Å². The van der Waals surface area contributed by atoms with Crippen LogP contribution in [0.3, 0.4) is 0 Å². The number of halogens is 3. The van der Waals surface area contributed by atoms with Crippen LogP contribution in [0.4, 0.5) is 0 Å². The van der Waals surface area contributed by atoms with Gasteiger partial charge in [0.1, 0.15) is 0 Å². The third kappa shape index (κ3) is 3.55. The maximum absolute atomic E-state index is 12.0. The Bertz CT molecular complexity index is 476. The van der Waals surface area contributed by atoms with E-state index < -0.39 is 0 Å². The van der Waals surface area contributed by atoms with E-state index in [4.69, 9.17) is 23.2 Å². The Kier molecular flexibility index (Phi) is 5.32. The Morgan fingerprint density at radius 1 is 1.33 bits per heavy atom. The number of nitrogens with zero attached hydrogens (tertiary/aromatic N) is 2. The lowest BCUT2D eigenvalue weighted by atomic mass is 10.1. The summed E-state index contributed by atoms with van der Waals surface area (Å²) in [5, 5.41) is 0.936. The third-order valence-electron chi connectivity index (χ3n) is 2.51. The molecular weight excluding hydrogens is 295 g/mol. The number of hydrogen-bond acceptors (Lipinski definition) is 3.